The maximum absolute atomic E-state index is 11.1. The van der Waals surface area contributed by atoms with Gasteiger partial charge in [-0.1, -0.05) is 6.92 Å². The third-order valence-electron chi connectivity index (χ3n) is 1.97. The molecule has 0 radical (unpaired) electrons. The van der Waals surface area contributed by atoms with Crippen molar-refractivity contribution >= 4 is 6.03 Å². The van der Waals surface area contributed by atoms with Gasteiger partial charge < -0.3 is 20.5 Å². The number of rotatable bonds is 8. The standard InChI is InChI=1S/C10H22N2O3/c1-3-9(13)5-6-11-10(14)12-7-8-15-4-2/h9,13H,3-8H2,1-2H3,(H2,11,12,14). The molecule has 90 valence electrons. The molecule has 0 fully saturated rings. The Bertz CT molecular complexity index is 165. The van der Waals surface area contributed by atoms with Crippen molar-refractivity contribution < 1.29 is 14.6 Å². The van der Waals surface area contributed by atoms with Crippen LogP contribution in [-0.4, -0.2) is 43.5 Å². The molecule has 15 heavy (non-hydrogen) atoms. The zero-order valence-electron chi connectivity index (χ0n) is 9.58. The molecule has 2 amide bonds. The van der Waals surface area contributed by atoms with Crippen molar-refractivity contribution in [3.05, 3.63) is 0 Å². The molecular weight excluding hydrogens is 196 g/mol. The minimum atomic E-state index is -0.325. The van der Waals surface area contributed by atoms with Crippen molar-refractivity contribution in [3.63, 3.8) is 0 Å². The minimum Gasteiger partial charge on any atom is -0.393 e. The number of hydrogen-bond acceptors (Lipinski definition) is 3. The first-order valence-corrected chi connectivity index (χ1v) is 5.48. The van der Waals surface area contributed by atoms with Crippen LogP contribution in [0.2, 0.25) is 0 Å². The molecule has 0 saturated carbocycles. The fraction of sp³-hybridized carbons (Fsp3) is 0.900. The highest BCUT2D eigenvalue weighted by Gasteiger charge is 2.02. The van der Waals surface area contributed by atoms with Gasteiger partial charge in [-0.15, -0.1) is 0 Å². The van der Waals surface area contributed by atoms with Gasteiger partial charge in [-0.05, 0) is 19.8 Å². The molecule has 0 aromatic carbocycles. The van der Waals surface area contributed by atoms with Crippen molar-refractivity contribution in [1.82, 2.24) is 10.6 Å². The largest absolute Gasteiger partial charge is 0.393 e. The predicted molar refractivity (Wildman–Crippen MR) is 58.8 cm³/mol. The van der Waals surface area contributed by atoms with Crippen molar-refractivity contribution in [2.45, 2.75) is 32.8 Å². The highest BCUT2D eigenvalue weighted by atomic mass is 16.5. The summed E-state index contributed by atoms with van der Waals surface area (Å²) in [6, 6.07) is -0.210. The van der Waals surface area contributed by atoms with Crippen molar-refractivity contribution in [3.8, 4) is 0 Å². The molecule has 0 bridgehead atoms. The van der Waals surface area contributed by atoms with Gasteiger partial charge in [-0.3, -0.25) is 0 Å². The molecule has 0 spiro atoms. The van der Waals surface area contributed by atoms with Crippen LogP contribution in [0, 0.1) is 0 Å². The second-order valence-electron chi connectivity index (χ2n) is 3.23. The number of hydrogen-bond donors (Lipinski definition) is 3. The molecule has 0 aromatic heterocycles. The number of aliphatic hydroxyl groups is 1. The molecule has 0 rings (SSSR count). The molecule has 0 saturated heterocycles. The van der Waals surface area contributed by atoms with Crippen LogP contribution >= 0.6 is 0 Å². The summed E-state index contributed by atoms with van der Waals surface area (Å²) in [4.78, 5) is 11.1. The molecule has 3 N–H and O–H groups in total. The number of nitrogens with one attached hydrogen (secondary N) is 2. The van der Waals surface area contributed by atoms with Gasteiger partial charge in [0.05, 0.1) is 12.7 Å². The maximum atomic E-state index is 11.1. The van der Waals surface area contributed by atoms with E-state index in [0.717, 1.165) is 0 Å². The molecular formula is C10H22N2O3. The Morgan fingerprint density at radius 3 is 2.60 bits per heavy atom. The zero-order valence-corrected chi connectivity index (χ0v) is 9.58. The molecule has 5 heteroatoms. The monoisotopic (exact) mass is 218 g/mol. The van der Waals surface area contributed by atoms with Gasteiger partial charge in [0.2, 0.25) is 0 Å². The van der Waals surface area contributed by atoms with Crippen LogP contribution < -0.4 is 10.6 Å². The fourth-order valence-electron chi connectivity index (χ4n) is 1.00. The van der Waals surface area contributed by atoms with E-state index >= 15 is 0 Å². The number of ether oxygens (including phenoxy) is 1. The number of carbonyl (C=O) groups is 1. The summed E-state index contributed by atoms with van der Waals surface area (Å²) in [5, 5.41) is 14.5. The average Bonchev–Trinajstić information content (AvgIpc) is 2.24. The van der Waals surface area contributed by atoms with Crippen LogP contribution in [-0.2, 0) is 4.74 Å². The highest BCUT2D eigenvalue weighted by molar-refractivity contribution is 5.73. The second kappa shape index (κ2) is 9.73. The molecule has 0 aliphatic carbocycles. The van der Waals surface area contributed by atoms with E-state index in [9.17, 15) is 9.90 Å². The molecule has 1 atom stereocenters. The van der Waals surface area contributed by atoms with Gasteiger partial charge in [0, 0.05) is 19.7 Å². The fourth-order valence-corrected chi connectivity index (χ4v) is 1.00. The molecule has 0 heterocycles. The van der Waals surface area contributed by atoms with Crippen LogP contribution in [0.15, 0.2) is 0 Å². The normalized spacial score (nSPS) is 12.2. The number of amides is 2. The Balaban J connectivity index is 3.26. The quantitative estimate of drug-likeness (QED) is 0.519. The first kappa shape index (κ1) is 14.2. The summed E-state index contributed by atoms with van der Waals surface area (Å²) in [7, 11) is 0. The van der Waals surface area contributed by atoms with Gasteiger partial charge in [-0.25, -0.2) is 4.79 Å². The van der Waals surface area contributed by atoms with Crippen molar-refractivity contribution in [2.24, 2.45) is 0 Å². The Labute approximate surface area is 91.2 Å². The topological polar surface area (TPSA) is 70.6 Å². The third kappa shape index (κ3) is 9.49. The lowest BCUT2D eigenvalue weighted by molar-refractivity contribution is 0.148. The molecule has 5 nitrogen and oxygen atoms in total. The predicted octanol–water partition coefficient (Wildman–Crippen LogP) is 0.483. The number of carbonyl (C=O) groups excluding carboxylic acids is 1. The Kier molecular flexibility index (Phi) is 9.21. The molecule has 0 aliphatic rings. The summed E-state index contributed by atoms with van der Waals surface area (Å²) in [6.45, 7) is 6.01. The molecule has 1 unspecified atom stereocenters. The Hall–Kier alpha value is -0.810. The maximum Gasteiger partial charge on any atom is 0.314 e. The molecule has 0 aliphatic heterocycles. The average molecular weight is 218 g/mol. The van der Waals surface area contributed by atoms with Crippen molar-refractivity contribution in [2.75, 3.05) is 26.3 Å². The lowest BCUT2D eigenvalue weighted by atomic mass is 10.2. The van der Waals surface area contributed by atoms with Gasteiger partial charge in [0.1, 0.15) is 0 Å². The van der Waals surface area contributed by atoms with Crippen LogP contribution in [0.1, 0.15) is 26.7 Å². The van der Waals surface area contributed by atoms with E-state index in [0.29, 0.717) is 39.1 Å². The lowest BCUT2D eigenvalue weighted by Crippen LogP contribution is -2.38. The first-order valence-electron chi connectivity index (χ1n) is 5.48. The Morgan fingerprint density at radius 1 is 1.33 bits per heavy atom. The van der Waals surface area contributed by atoms with E-state index in [-0.39, 0.29) is 12.1 Å². The van der Waals surface area contributed by atoms with E-state index in [1.807, 2.05) is 13.8 Å². The summed E-state index contributed by atoms with van der Waals surface area (Å²) < 4.78 is 5.06. The van der Waals surface area contributed by atoms with Crippen LogP contribution in [0.3, 0.4) is 0 Å². The van der Waals surface area contributed by atoms with Gasteiger partial charge >= 0.3 is 6.03 Å². The first-order chi connectivity index (χ1) is 7.20. The van der Waals surface area contributed by atoms with Gasteiger partial charge in [0.25, 0.3) is 0 Å². The highest BCUT2D eigenvalue weighted by Crippen LogP contribution is 1.93. The van der Waals surface area contributed by atoms with E-state index in [1.165, 1.54) is 0 Å². The second-order valence-corrected chi connectivity index (χ2v) is 3.23. The molecule has 0 aromatic rings. The summed E-state index contributed by atoms with van der Waals surface area (Å²) >= 11 is 0. The van der Waals surface area contributed by atoms with E-state index < -0.39 is 0 Å². The van der Waals surface area contributed by atoms with Crippen molar-refractivity contribution in [1.29, 1.82) is 0 Å². The van der Waals surface area contributed by atoms with Crippen LogP contribution in [0.4, 0.5) is 4.79 Å². The number of aliphatic hydroxyl groups excluding tert-OH is 1. The zero-order chi connectivity index (χ0) is 11.5. The van der Waals surface area contributed by atoms with Crippen LogP contribution in [0.25, 0.3) is 0 Å². The van der Waals surface area contributed by atoms with E-state index in [2.05, 4.69) is 10.6 Å². The van der Waals surface area contributed by atoms with E-state index in [1.54, 1.807) is 0 Å². The van der Waals surface area contributed by atoms with Crippen LogP contribution in [0.5, 0.6) is 0 Å². The lowest BCUT2D eigenvalue weighted by Gasteiger charge is -2.09. The Morgan fingerprint density at radius 2 is 2.00 bits per heavy atom. The van der Waals surface area contributed by atoms with E-state index in [4.69, 9.17) is 4.74 Å². The smallest absolute Gasteiger partial charge is 0.314 e. The van der Waals surface area contributed by atoms with Gasteiger partial charge in [-0.2, -0.15) is 0 Å². The third-order valence-corrected chi connectivity index (χ3v) is 1.97. The SMILES string of the molecule is CCOCCNC(=O)NCCC(O)CC. The summed E-state index contributed by atoms with van der Waals surface area (Å²) in [5.41, 5.74) is 0. The summed E-state index contributed by atoms with van der Waals surface area (Å²) in [5.74, 6) is 0. The number of urea groups is 1. The minimum absolute atomic E-state index is 0.210. The van der Waals surface area contributed by atoms with Gasteiger partial charge in [0.15, 0.2) is 0 Å². The summed E-state index contributed by atoms with van der Waals surface area (Å²) in [6.07, 6.45) is 0.983.